The van der Waals surface area contributed by atoms with Crippen molar-refractivity contribution < 1.29 is 47.8 Å². The minimum atomic E-state index is -4.60. The number of unbranched alkanes of at least 4 members (excludes halogenated alkanes) is 11. The summed E-state index contributed by atoms with van der Waals surface area (Å²) in [5.74, 6) is -0.962. The molecule has 0 aliphatic rings. The molecule has 11 heteroatoms. The molecule has 0 aromatic carbocycles. The van der Waals surface area contributed by atoms with Gasteiger partial charge in [-0.3, -0.25) is 18.6 Å². The summed E-state index contributed by atoms with van der Waals surface area (Å²) in [6.45, 7) is 2.12. The molecule has 10 nitrogen and oxygen atoms in total. The number of ether oxygens (including phenoxy) is 2. The van der Waals surface area contributed by atoms with Crippen LogP contribution in [-0.4, -0.2) is 65.7 Å². The number of hydrogen-bond donors (Lipinski definition) is 3. The van der Waals surface area contributed by atoms with Crippen molar-refractivity contribution in [1.29, 1.82) is 0 Å². The minimum absolute atomic E-state index is 0.161. The lowest BCUT2D eigenvalue weighted by molar-refractivity contribution is -0.161. The van der Waals surface area contributed by atoms with Gasteiger partial charge in [-0.25, -0.2) is 4.57 Å². The van der Waals surface area contributed by atoms with Crippen LogP contribution >= 0.6 is 7.82 Å². The van der Waals surface area contributed by atoms with Gasteiger partial charge in [-0.1, -0.05) is 108 Å². The Morgan fingerprint density at radius 2 is 1.28 bits per heavy atom. The fourth-order valence-corrected chi connectivity index (χ4v) is 4.66. The van der Waals surface area contributed by atoms with E-state index < -0.39 is 51.8 Å². The molecule has 0 rings (SSSR count). The number of phosphoric ester groups is 1. The molecule has 0 aliphatic carbocycles. The van der Waals surface area contributed by atoms with Crippen molar-refractivity contribution >= 4 is 19.8 Å². The van der Waals surface area contributed by atoms with Gasteiger partial charge in [-0.2, -0.15) is 0 Å². The third-order valence-corrected chi connectivity index (χ3v) is 7.32. The molecule has 0 saturated carbocycles. The molecule has 0 amide bonds. The Hall–Kier alpha value is -1.81. The van der Waals surface area contributed by atoms with Crippen molar-refractivity contribution in [2.24, 2.45) is 0 Å². The summed E-state index contributed by atoms with van der Waals surface area (Å²) < 4.78 is 32.3. The molecule has 3 N–H and O–H groups in total. The summed E-state index contributed by atoms with van der Waals surface area (Å²) in [5, 5.41) is 18.2. The van der Waals surface area contributed by atoms with Crippen molar-refractivity contribution in [2.45, 2.75) is 129 Å². The number of rotatable bonds is 29. The number of esters is 2. The highest BCUT2D eigenvalue weighted by atomic mass is 31.2. The predicted molar refractivity (Wildman–Crippen MR) is 168 cm³/mol. The van der Waals surface area contributed by atoms with E-state index in [1.807, 2.05) is 24.3 Å². The van der Waals surface area contributed by atoms with E-state index in [9.17, 15) is 24.2 Å². The molecule has 250 valence electrons. The van der Waals surface area contributed by atoms with Gasteiger partial charge in [0.15, 0.2) is 6.10 Å². The van der Waals surface area contributed by atoms with E-state index >= 15 is 0 Å². The van der Waals surface area contributed by atoms with E-state index in [2.05, 4.69) is 30.5 Å². The summed E-state index contributed by atoms with van der Waals surface area (Å²) in [7, 11) is -4.60. The summed E-state index contributed by atoms with van der Waals surface area (Å²) >= 11 is 0. The number of aliphatic hydroxyl groups excluding tert-OH is 2. The van der Waals surface area contributed by atoms with Gasteiger partial charge in [0, 0.05) is 12.8 Å². The average Bonchev–Trinajstić information content (AvgIpc) is 2.99. The largest absolute Gasteiger partial charge is 0.472 e. The van der Waals surface area contributed by atoms with Crippen LogP contribution < -0.4 is 0 Å². The Kier molecular flexibility index (Phi) is 27.7. The van der Waals surface area contributed by atoms with Crippen LogP contribution in [0, 0.1) is 0 Å². The molecule has 0 aliphatic heterocycles. The van der Waals surface area contributed by atoms with Crippen LogP contribution in [0.5, 0.6) is 0 Å². The SMILES string of the molecule is CC/C=C/C=C/C=C/CCCCCCCC(=O)OC(COC(=O)CCCCCCCCC)COP(=O)(O)OC[C@@H](O)CO. The maximum Gasteiger partial charge on any atom is 0.472 e. The first-order valence-corrected chi connectivity index (χ1v) is 17.5. The molecular formula is C32H57O10P. The number of carbonyl (C=O) groups excluding carboxylic acids is 2. The average molecular weight is 633 g/mol. The smallest absolute Gasteiger partial charge is 0.462 e. The molecule has 43 heavy (non-hydrogen) atoms. The second kappa shape index (κ2) is 28.9. The van der Waals surface area contributed by atoms with E-state index in [0.717, 1.165) is 57.8 Å². The Bertz CT molecular complexity index is 827. The van der Waals surface area contributed by atoms with Gasteiger partial charge < -0.3 is 24.6 Å². The zero-order chi connectivity index (χ0) is 32.0. The Labute approximate surface area is 259 Å². The Morgan fingerprint density at radius 3 is 1.91 bits per heavy atom. The van der Waals surface area contributed by atoms with Gasteiger partial charge >= 0.3 is 19.8 Å². The molecule has 0 spiro atoms. The fraction of sp³-hybridized carbons (Fsp3) is 0.750. The normalized spacial score (nSPS) is 14.8. The summed E-state index contributed by atoms with van der Waals surface area (Å²) in [6.07, 6.45) is 24.3. The summed E-state index contributed by atoms with van der Waals surface area (Å²) in [4.78, 5) is 34.5. The van der Waals surface area contributed by atoms with Crippen molar-refractivity contribution in [3.8, 4) is 0 Å². The second-order valence-electron chi connectivity index (χ2n) is 10.5. The summed E-state index contributed by atoms with van der Waals surface area (Å²) in [5.41, 5.74) is 0. The molecule has 0 fully saturated rings. The van der Waals surface area contributed by atoms with Crippen LogP contribution in [0.1, 0.15) is 117 Å². The monoisotopic (exact) mass is 632 g/mol. The Balaban J connectivity index is 4.49. The second-order valence-corrected chi connectivity index (χ2v) is 12.0. The van der Waals surface area contributed by atoms with Gasteiger partial charge in [0.2, 0.25) is 0 Å². The van der Waals surface area contributed by atoms with Gasteiger partial charge in [-0.15, -0.1) is 0 Å². The van der Waals surface area contributed by atoms with Crippen LogP contribution in [0.15, 0.2) is 36.5 Å². The first-order valence-electron chi connectivity index (χ1n) is 16.0. The lowest BCUT2D eigenvalue weighted by Crippen LogP contribution is -2.29. The highest BCUT2D eigenvalue weighted by molar-refractivity contribution is 7.47. The van der Waals surface area contributed by atoms with Gasteiger partial charge in [0.25, 0.3) is 0 Å². The lowest BCUT2D eigenvalue weighted by Gasteiger charge is -2.20. The zero-order valence-electron chi connectivity index (χ0n) is 26.4. The first-order chi connectivity index (χ1) is 20.7. The minimum Gasteiger partial charge on any atom is -0.462 e. The fourth-order valence-electron chi connectivity index (χ4n) is 3.87. The van der Waals surface area contributed by atoms with E-state index in [1.165, 1.54) is 19.3 Å². The molecule has 0 bridgehead atoms. The van der Waals surface area contributed by atoms with Crippen LogP contribution in [0.3, 0.4) is 0 Å². The zero-order valence-corrected chi connectivity index (χ0v) is 27.3. The maximum atomic E-state index is 12.4. The lowest BCUT2D eigenvalue weighted by atomic mass is 10.1. The summed E-state index contributed by atoms with van der Waals surface area (Å²) in [6, 6.07) is 0. The molecule has 0 aromatic heterocycles. The molecule has 2 unspecified atom stereocenters. The van der Waals surface area contributed by atoms with Crippen molar-refractivity contribution in [3.05, 3.63) is 36.5 Å². The highest BCUT2D eigenvalue weighted by Crippen LogP contribution is 2.43. The van der Waals surface area contributed by atoms with E-state index in [0.29, 0.717) is 12.8 Å². The van der Waals surface area contributed by atoms with Crippen LogP contribution in [-0.2, 0) is 32.7 Å². The third-order valence-electron chi connectivity index (χ3n) is 6.37. The molecular weight excluding hydrogens is 575 g/mol. The van der Waals surface area contributed by atoms with Crippen LogP contribution in [0.25, 0.3) is 0 Å². The standard InChI is InChI=1S/C32H57O10P/c1-3-5-7-9-11-12-13-14-15-16-18-20-22-24-32(36)42-30(28-41-43(37,38)40-26-29(34)25-33)27-39-31(35)23-21-19-17-10-8-6-4-2/h5,7,9,11-13,29-30,33-34H,3-4,6,8,10,14-28H2,1-2H3,(H,37,38)/b7-5+,11-9+,13-12+/t29-,30?/m0/s1. The van der Waals surface area contributed by atoms with E-state index in [4.69, 9.17) is 19.1 Å². The molecule has 0 heterocycles. The van der Waals surface area contributed by atoms with Crippen molar-refractivity contribution in [2.75, 3.05) is 26.4 Å². The quantitative estimate of drug-likeness (QED) is 0.0345. The van der Waals surface area contributed by atoms with Gasteiger partial charge in [0.1, 0.15) is 12.7 Å². The molecule has 0 saturated heterocycles. The van der Waals surface area contributed by atoms with E-state index in [-0.39, 0.29) is 19.4 Å². The van der Waals surface area contributed by atoms with Gasteiger partial charge in [-0.05, 0) is 32.1 Å². The van der Waals surface area contributed by atoms with Crippen LogP contribution in [0.2, 0.25) is 0 Å². The molecule has 0 aromatic rings. The number of carbonyl (C=O) groups is 2. The number of aliphatic hydroxyl groups is 2. The third kappa shape index (κ3) is 28.7. The first kappa shape index (κ1) is 41.2. The number of allylic oxidation sites excluding steroid dienone is 6. The predicted octanol–water partition coefficient (Wildman–Crippen LogP) is 6.88. The highest BCUT2D eigenvalue weighted by Gasteiger charge is 2.27. The van der Waals surface area contributed by atoms with Crippen LogP contribution in [0.4, 0.5) is 0 Å². The molecule has 3 atom stereocenters. The Morgan fingerprint density at radius 1 is 0.721 bits per heavy atom. The van der Waals surface area contributed by atoms with E-state index in [1.54, 1.807) is 0 Å². The van der Waals surface area contributed by atoms with Crippen molar-refractivity contribution in [1.82, 2.24) is 0 Å². The molecule has 0 radical (unpaired) electrons. The number of phosphoric acid groups is 1. The topological polar surface area (TPSA) is 149 Å². The number of hydrogen-bond acceptors (Lipinski definition) is 9. The maximum absolute atomic E-state index is 12.4. The van der Waals surface area contributed by atoms with Gasteiger partial charge in [0.05, 0.1) is 19.8 Å². The van der Waals surface area contributed by atoms with Crippen molar-refractivity contribution in [3.63, 3.8) is 0 Å².